The topological polar surface area (TPSA) is 38.5 Å². The number of allylic oxidation sites excluding steroid dienone is 1. The summed E-state index contributed by atoms with van der Waals surface area (Å²) in [6.45, 7) is 5.97. The molecule has 2 rings (SSSR count). The highest BCUT2D eigenvalue weighted by molar-refractivity contribution is 5.65. The first-order chi connectivity index (χ1) is 9.63. The molecule has 0 spiro atoms. The van der Waals surface area contributed by atoms with Gasteiger partial charge in [0, 0.05) is 0 Å². The zero-order chi connectivity index (χ0) is 14.5. The molecule has 2 N–H and O–H groups in total. The molecule has 0 aliphatic heterocycles. The van der Waals surface area contributed by atoms with Gasteiger partial charge in [-0.05, 0) is 56.2 Å². The summed E-state index contributed by atoms with van der Waals surface area (Å²) in [5.41, 5.74) is 4.02. The van der Waals surface area contributed by atoms with Crippen LogP contribution in [-0.2, 0) is 0 Å². The Labute approximate surface area is 120 Å². The molecule has 20 heavy (non-hydrogen) atoms. The predicted molar refractivity (Wildman–Crippen MR) is 84.1 cm³/mol. The van der Waals surface area contributed by atoms with Gasteiger partial charge in [-0.2, -0.15) is 0 Å². The zero-order valence-electron chi connectivity index (χ0n) is 12.1. The molecule has 3 nitrogen and oxygen atoms in total. The Kier molecular flexibility index (Phi) is 4.43. The lowest BCUT2D eigenvalue weighted by molar-refractivity contribution is 0.473. The van der Waals surface area contributed by atoms with E-state index < -0.39 is 0 Å². The Morgan fingerprint density at radius 1 is 1.00 bits per heavy atom. The van der Waals surface area contributed by atoms with Gasteiger partial charge < -0.3 is 4.74 Å². The fourth-order valence-corrected chi connectivity index (χ4v) is 2.13. The number of hydrogen-bond donors (Lipinski definition) is 1. The van der Waals surface area contributed by atoms with Crippen LogP contribution in [0.2, 0.25) is 0 Å². The van der Waals surface area contributed by atoms with E-state index in [4.69, 9.17) is 10.6 Å². The van der Waals surface area contributed by atoms with Crippen LogP contribution in [-0.4, -0.2) is 0 Å². The van der Waals surface area contributed by atoms with Gasteiger partial charge >= 0.3 is 0 Å². The maximum Gasteiger partial charge on any atom is 0.132 e. The molecule has 0 saturated heterocycles. The van der Waals surface area contributed by atoms with Crippen molar-refractivity contribution < 1.29 is 4.74 Å². The normalized spacial score (nSPS) is 10.8. The van der Waals surface area contributed by atoms with Gasteiger partial charge in [0.05, 0.1) is 17.6 Å². The summed E-state index contributed by atoms with van der Waals surface area (Å²) in [6.07, 6.45) is 3.55. The molecule has 0 atom stereocenters. The first-order valence-electron chi connectivity index (χ1n) is 6.62. The van der Waals surface area contributed by atoms with E-state index in [0.717, 1.165) is 28.3 Å². The van der Waals surface area contributed by atoms with Crippen molar-refractivity contribution in [2.24, 2.45) is 5.84 Å². The third kappa shape index (κ3) is 3.00. The van der Waals surface area contributed by atoms with Crippen molar-refractivity contribution in [3.63, 3.8) is 0 Å². The average molecular weight is 268 g/mol. The lowest BCUT2D eigenvalue weighted by atomic mass is 10.1. The van der Waals surface area contributed by atoms with Crippen LogP contribution in [0, 0.1) is 13.8 Å². The van der Waals surface area contributed by atoms with E-state index in [1.54, 1.807) is 11.3 Å². The molecule has 3 heteroatoms. The van der Waals surface area contributed by atoms with Crippen molar-refractivity contribution in [2.45, 2.75) is 20.8 Å². The van der Waals surface area contributed by atoms with Crippen LogP contribution >= 0.6 is 0 Å². The molecule has 0 heterocycles. The van der Waals surface area contributed by atoms with Crippen LogP contribution < -0.4 is 15.6 Å². The van der Waals surface area contributed by atoms with Crippen molar-refractivity contribution in [3.05, 3.63) is 65.9 Å². The second-order valence-electron chi connectivity index (χ2n) is 4.70. The molecule has 0 radical (unpaired) electrons. The number of hydrogen-bond acceptors (Lipinski definition) is 3. The fourth-order valence-electron chi connectivity index (χ4n) is 2.13. The number of para-hydroxylation sites is 1. The minimum absolute atomic E-state index is 0.883. The Morgan fingerprint density at radius 2 is 1.60 bits per heavy atom. The second-order valence-corrected chi connectivity index (χ2v) is 4.70. The zero-order valence-corrected chi connectivity index (χ0v) is 12.1. The maximum absolute atomic E-state index is 6.18. The number of ether oxygens (including phenoxy) is 1. The van der Waals surface area contributed by atoms with Gasteiger partial charge in [0.25, 0.3) is 0 Å². The van der Waals surface area contributed by atoms with Gasteiger partial charge in [0.2, 0.25) is 0 Å². The van der Waals surface area contributed by atoms with E-state index in [1.165, 1.54) is 0 Å². The Balaban J connectivity index is 2.35. The van der Waals surface area contributed by atoms with Gasteiger partial charge in [-0.15, -0.1) is 0 Å². The number of anilines is 2. The number of nitrogens with zero attached hydrogens (tertiary/aromatic N) is 1. The minimum Gasteiger partial charge on any atom is -0.465 e. The van der Waals surface area contributed by atoms with Crippen LogP contribution in [0.15, 0.2) is 54.8 Å². The molecule has 0 aliphatic rings. The largest absolute Gasteiger partial charge is 0.465 e. The highest BCUT2D eigenvalue weighted by Crippen LogP contribution is 2.31. The molecule has 0 fully saturated rings. The highest BCUT2D eigenvalue weighted by atomic mass is 16.5. The third-order valence-electron chi connectivity index (χ3n) is 3.08. The van der Waals surface area contributed by atoms with Crippen molar-refractivity contribution in [1.82, 2.24) is 0 Å². The van der Waals surface area contributed by atoms with E-state index in [1.807, 2.05) is 69.3 Å². The second kappa shape index (κ2) is 6.26. The highest BCUT2D eigenvalue weighted by Gasteiger charge is 2.10. The molecule has 0 amide bonds. The van der Waals surface area contributed by atoms with Crippen LogP contribution in [0.1, 0.15) is 18.1 Å². The minimum atomic E-state index is 0.883. The summed E-state index contributed by atoms with van der Waals surface area (Å²) in [5, 5.41) is 1.68. The van der Waals surface area contributed by atoms with Crippen LogP contribution in [0.25, 0.3) is 0 Å². The molecular formula is C17H20N2O. The number of rotatable bonds is 4. The van der Waals surface area contributed by atoms with E-state index >= 15 is 0 Å². The van der Waals surface area contributed by atoms with Crippen molar-refractivity contribution in [3.8, 4) is 5.75 Å². The summed E-state index contributed by atoms with van der Waals surface area (Å²) in [6, 6.07) is 13.9. The molecule has 104 valence electrons. The smallest absolute Gasteiger partial charge is 0.132 e. The van der Waals surface area contributed by atoms with E-state index in [0.29, 0.717) is 0 Å². The molecule has 2 aromatic carbocycles. The quantitative estimate of drug-likeness (QED) is 0.512. The monoisotopic (exact) mass is 268 g/mol. The first kappa shape index (κ1) is 14.2. The van der Waals surface area contributed by atoms with Crippen LogP contribution in [0.5, 0.6) is 5.75 Å². The third-order valence-corrected chi connectivity index (χ3v) is 3.08. The molecule has 0 aliphatic carbocycles. The number of nitrogens with two attached hydrogens (primary N) is 1. The molecule has 0 aromatic heterocycles. The van der Waals surface area contributed by atoms with E-state index in [2.05, 4.69) is 0 Å². The van der Waals surface area contributed by atoms with Gasteiger partial charge in [-0.25, -0.2) is 5.84 Å². The summed E-state index contributed by atoms with van der Waals surface area (Å²) < 4.78 is 5.62. The van der Waals surface area contributed by atoms with Gasteiger partial charge in [0.1, 0.15) is 5.75 Å². The van der Waals surface area contributed by atoms with Crippen molar-refractivity contribution in [1.29, 1.82) is 0 Å². The number of benzene rings is 2. The average Bonchev–Trinajstić information content (AvgIpc) is 2.46. The Morgan fingerprint density at radius 3 is 2.15 bits per heavy atom. The molecule has 2 aromatic rings. The molecular weight excluding hydrogens is 248 g/mol. The molecule has 0 bridgehead atoms. The Hall–Kier alpha value is -2.26. The number of aryl methyl sites for hydroxylation is 2. The van der Waals surface area contributed by atoms with Crippen LogP contribution in [0.3, 0.4) is 0 Å². The maximum atomic E-state index is 6.18. The van der Waals surface area contributed by atoms with E-state index in [9.17, 15) is 0 Å². The lowest BCUT2D eigenvalue weighted by Crippen LogP contribution is -2.25. The summed E-state index contributed by atoms with van der Waals surface area (Å²) in [5.74, 6) is 7.07. The molecule has 0 unspecified atom stereocenters. The predicted octanol–water partition coefficient (Wildman–Crippen LogP) is 4.23. The fraction of sp³-hybridized carbons (Fsp3) is 0.176. The van der Waals surface area contributed by atoms with Crippen molar-refractivity contribution >= 4 is 11.4 Å². The van der Waals surface area contributed by atoms with Crippen LogP contribution in [0.4, 0.5) is 11.4 Å². The first-order valence-corrected chi connectivity index (χ1v) is 6.62. The Bertz CT molecular complexity index is 583. The van der Waals surface area contributed by atoms with Crippen molar-refractivity contribution in [2.75, 3.05) is 5.01 Å². The van der Waals surface area contributed by atoms with E-state index in [-0.39, 0.29) is 0 Å². The van der Waals surface area contributed by atoms with Gasteiger partial charge in [-0.1, -0.05) is 24.3 Å². The SMILES string of the molecule is CC=COc1c(C)cc(N(N)c2ccccc2)cc1C. The molecule has 0 saturated carbocycles. The number of hydrazine groups is 1. The van der Waals surface area contributed by atoms with Gasteiger partial charge in [-0.3, -0.25) is 5.01 Å². The van der Waals surface area contributed by atoms with Gasteiger partial charge in [0.15, 0.2) is 0 Å². The summed E-state index contributed by atoms with van der Waals surface area (Å²) in [7, 11) is 0. The summed E-state index contributed by atoms with van der Waals surface area (Å²) in [4.78, 5) is 0. The summed E-state index contributed by atoms with van der Waals surface area (Å²) >= 11 is 0. The lowest BCUT2D eigenvalue weighted by Gasteiger charge is -2.21. The standard InChI is InChI=1S/C17H20N2O/c1-4-10-20-17-13(2)11-16(12-14(17)3)19(18)15-8-6-5-7-9-15/h4-12H,18H2,1-3H3.